The van der Waals surface area contributed by atoms with Crippen molar-refractivity contribution < 1.29 is 32.2 Å². The first kappa shape index (κ1) is 25.6. The third kappa shape index (κ3) is 7.48. The Labute approximate surface area is 194 Å². The van der Waals surface area contributed by atoms with Gasteiger partial charge in [-0.2, -0.15) is 0 Å². The van der Waals surface area contributed by atoms with Crippen LogP contribution >= 0.6 is 0 Å². The highest BCUT2D eigenvalue weighted by Crippen LogP contribution is 2.33. The van der Waals surface area contributed by atoms with Gasteiger partial charge in [0, 0.05) is 18.9 Å². The standard InChI is InChI=1S/C23H33FN2O6S/c1-2-23(29,18-9-10-19(24)20(13-18)32-14-16-6-7-16)15-25-33(30,31)12-4-3-5-17-8-11-21(27)26-22(17)28/h9-10,13,16-17,25,29H,2-8,11-12,14-15H2,1H3,(H,26,27,28). The first-order valence-electron chi connectivity index (χ1n) is 11.6. The SMILES string of the molecule is CCC(O)(CNS(=O)(=O)CCCCC1CCC(=O)NC1=O)c1ccc(F)c(OCC2CC2)c1. The summed E-state index contributed by atoms with van der Waals surface area (Å²) in [5.41, 5.74) is -1.12. The van der Waals surface area contributed by atoms with Crippen LogP contribution in [0.3, 0.4) is 0 Å². The maximum Gasteiger partial charge on any atom is 0.229 e. The highest BCUT2D eigenvalue weighted by atomic mass is 32.2. The van der Waals surface area contributed by atoms with Crippen LogP contribution in [0, 0.1) is 17.7 Å². The molecule has 1 saturated carbocycles. The molecular weight excluding hydrogens is 451 g/mol. The quantitative estimate of drug-likeness (QED) is 0.292. The van der Waals surface area contributed by atoms with Gasteiger partial charge in [0.15, 0.2) is 11.6 Å². The summed E-state index contributed by atoms with van der Waals surface area (Å²) in [4.78, 5) is 23.0. The van der Waals surface area contributed by atoms with E-state index in [0.29, 0.717) is 50.2 Å². The molecule has 1 aliphatic heterocycles. The molecule has 2 aliphatic rings. The zero-order valence-corrected chi connectivity index (χ0v) is 19.8. The molecule has 1 heterocycles. The predicted octanol–water partition coefficient (Wildman–Crippen LogP) is 2.35. The van der Waals surface area contributed by atoms with Gasteiger partial charge in [0.05, 0.1) is 12.4 Å². The number of hydrogen-bond acceptors (Lipinski definition) is 6. The van der Waals surface area contributed by atoms with Gasteiger partial charge >= 0.3 is 0 Å². The van der Waals surface area contributed by atoms with Gasteiger partial charge in [0.1, 0.15) is 5.60 Å². The topological polar surface area (TPSA) is 122 Å². The number of piperidine rings is 1. The van der Waals surface area contributed by atoms with Crippen LogP contribution in [0.1, 0.15) is 63.9 Å². The molecule has 0 bridgehead atoms. The van der Waals surface area contributed by atoms with Crippen LogP contribution < -0.4 is 14.8 Å². The van der Waals surface area contributed by atoms with Gasteiger partial charge in [0.25, 0.3) is 0 Å². The van der Waals surface area contributed by atoms with Crippen LogP contribution in [-0.4, -0.2) is 44.2 Å². The fraction of sp³-hybridized carbons (Fsp3) is 0.652. The molecule has 1 saturated heterocycles. The number of benzene rings is 1. The van der Waals surface area contributed by atoms with Gasteiger partial charge in [-0.05, 0) is 62.1 Å². The largest absolute Gasteiger partial charge is 0.490 e. The Kier molecular flexibility index (Phi) is 8.47. The lowest BCUT2D eigenvalue weighted by molar-refractivity contribution is -0.136. The Hall–Kier alpha value is -2.04. The third-order valence-corrected chi connectivity index (χ3v) is 7.79. The molecule has 10 heteroatoms. The second-order valence-electron chi connectivity index (χ2n) is 9.07. The molecule has 2 atom stereocenters. The number of unbranched alkanes of at least 4 members (excludes halogenated alkanes) is 1. The van der Waals surface area contributed by atoms with E-state index in [0.717, 1.165) is 12.8 Å². The van der Waals surface area contributed by atoms with Gasteiger partial charge in [-0.3, -0.25) is 14.9 Å². The van der Waals surface area contributed by atoms with E-state index in [1.54, 1.807) is 6.92 Å². The first-order valence-corrected chi connectivity index (χ1v) is 13.2. The number of rotatable bonds is 13. The summed E-state index contributed by atoms with van der Waals surface area (Å²) in [6.45, 7) is 1.91. The van der Waals surface area contributed by atoms with Crippen molar-refractivity contribution in [2.45, 2.75) is 63.9 Å². The molecule has 33 heavy (non-hydrogen) atoms. The molecule has 2 unspecified atom stereocenters. The van der Waals surface area contributed by atoms with Crippen LogP contribution in [0.5, 0.6) is 5.75 Å². The predicted molar refractivity (Wildman–Crippen MR) is 120 cm³/mol. The third-order valence-electron chi connectivity index (χ3n) is 6.38. The van der Waals surface area contributed by atoms with Crippen molar-refractivity contribution in [3.63, 3.8) is 0 Å². The Morgan fingerprint density at radius 3 is 2.67 bits per heavy atom. The molecule has 2 amide bonds. The summed E-state index contributed by atoms with van der Waals surface area (Å²) >= 11 is 0. The molecular formula is C23H33FN2O6S. The molecule has 1 aromatic rings. The number of sulfonamides is 1. The van der Waals surface area contributed by atoms with Gasteiger partial charge in [-0.25, -0.2) is 17.5 Å². The van der Waals surface area contributed by atoms with Crippen molar-refractivity contribution in [2.24, 2.45) is 11.8 Å². The van der Waals surface area contributed by atoms with Crippen LogP contribution in [0.25, 0.3) is 0 Å². The minimum Gasteiger partial charge on any atom is -0.490 e. The summed E-state index contributed by atoms with van der Waals surface area (Å²) in [5, 5.41) is 13.4. The van der Waals surface area contributed by atoms with E-state index in [1.807, 2.05) is 0 Å². The Bertz CT molecular complexity index is 966. The molecule has 0 spiro atoms. The van der Waals surface area contributed by atoms with Crippen LogP contribution in [0.2, 0.25) is 0 Å². The highest BCUT2D eigenvalue weighted by molar-refractivity contribution is 7.89. The number of hydrogen-bond donors (Lipinski definition) is 3. The van der Waals surface area contributed by atoms with E-state index in [4.69, 9.17) is 4.74 Å². The van der Waals surface area contributed by atoms with Gasteiger partial charge < -0.3 is 9.84 Å². The number of ether oxygens (including phenoxy) is 1. The van der Waals surface area contributed by atoms with Gasteiger partial charge in [-0.1, -0.05) is 19.4 Å². The van der Waals surface area contributed by atoms with Crippen molar-refractivity contribution in [1.82, 2.24) is 10.0 Å². The van der Waals surface area contributed by atoms with E-state index in [-0.39, 0.29) is 42.2 Å². The summed E-state index contributed by atoms with van der Waals surface area (Å²) in [6, 6.07) is 4.11. The lowest BCUT2D eigenvalue weighted by Crippen LogP contribution is -2.41. The fourth-order valence-electron chi connectivity index (χ4n) is 3.82. The molecule has 0 radical (unpaired) electrons. The minimum atomic E-state index is -3.66. The monoisotopic (exact) mass is 484 g/mol. The molecule has 3 N–H and O–H groups in total. The van der Waals surface area contributed by atoms with Crippen molar-refractivity contribution in [2.75, 3.05) is 18.9 Å². The number of carbonyl (C=O) groups is 2. The number of halogens is 1. The Morgan fingerprint density at radius 2 is 2.00 bits per heavy atom. The fourth-order valence-corrected chi connectivity index (χ4v) is 5.01. The molecule has 2 fully saturated rings. The normalized spacial score (nSPS) is 20.9. The van der Waals surface area contributed by atoms with E-state index in [2.05, 4.69) is 10.0 Å². The number of imide groups is 1. The molecule has 1 aromatic carbocycles. The van der Waals surface area contributed by atoms with E-state index in [9.17, 15) is 27.5 Å². The molecule has 184 valence electrons. The average Bonchev–Trinajstić information content (AvgIpc) is 3.60. The number of carbonyl (C=O) groups excluding carboxylic acids is 2. The van der Waals surface area contributed by atoms with E-state index < -0.39 is 21.4 Å². The van der Waals surface area contributed by atoms with Gasteiger partial charge in [-0.15, -0.1) is 0 Å². The van der Waals surface area contributed by atoms with Crippen LogP contribution in [0.4, 0.5) is 4.39 Å². The number of amides is 2. The van der Waals surface area contributed by atoms with Gasteiger partial charge in [0.2, 0.25) is 21.8 Å². The molecule has 3 rings (SSSR count). The first-order chi connectivity index (χ1) is 15.6. The number of aliphatic hydroxyl groups is 1. The maximum atomic E-state index is 14.1. The molecule has 0 aromatic heterocycles. The summed E-state index contributed by atoms with van der Waals surface area (Å²) in [5.74, 6) is -0.983. The zero-order valence-electron chi connectivity index (χ0n) is 18.9. The lowest BCUT2D eigenvalue weighted by Gasteiger charge is -2.28. The van der Waals surface area contributed by atoms with E-state index >= 15 is 0 Å². The Morgan fingerprint density at radius 1 is 1.24 bits per heavy atom. The second-order valence-corrected chi connectivity index (χ2v) is 11.0. The van der Waals surface area contributed by atoms with Crippen LogP contribution in [0.15, 0.2) is 18.2 Å². The number of nitrogens with one attached hydrogen (secondary N) is 2. The van der Waals surface area contributed by atoms with Crippen molar-refractivity contribution in [3.05, 3.63) is 29.6 Å². The summed E-state index contributed by atoms with van der Waals surface area (Å²) < 4.78 is 47.0. The summed E-state index contributed by atoms with van der Waals surface area (Å²) in [7, 11) is -3.66. The van der Waals surface area contributed by atoms with Crippen molar-refractivity contribution in [3.8, 4) is 5.75 Å². The van der Waals surface area contributed by atoms with Crippen LogP contribution in [-0.2, 0) is 25.2 Å². The van der Waals surface area contributed by atoms with Crippen molar-refractivity contribution >= 4 is 21.8 Å². The molecule has 8 nitrogen and oxygen atoms in total. The summed E-state index contributed by atoms with van der Waals surface area (Å²) in [6.07, 6.45) is 4.56. The average molecular weight is 485 g/mol. The lowest BCUT2D eigenvalue weighted by atomic mass is 9.91. The minimum absolute atomic E-state index is 0.0579. The van der Waals surface area contributed by atoms with Crippen molar-refractivity contribution in [1.29, 1.82) is 0 Å². The Balaban J connectivity index is 1.50. The maximum absolute atomic E-state index is 14.1. The second kappa shape index (κ2) is 10.9. The molecule has 1 aliphatic carbocycles. The smallest absolute Gasteiger partial charge is 0.229 e. The highest BCUT2D eigenvalue weighted by Gasteiger charge is 2.31. The zero-order chi connectivity index (χ0) is 24.1. The van der Waals surface area contributed by atoms with E-state index in [1.165, 1.54) is 18.2 Å².